The minimum absolute atomic E-state index is 0. The molecule has 1 unspecified atom stereocenters. The zero-order valence-electron chi connectivity index (χ0n) is 8.38. The first-order valence-electron chi connectivity index (χ1n) is 4.60. The summed E-state index contributed by atoms with van der Waals surface area (Å²) in [6.45, 7) is 2.22. The molecule has 62 valence electrons. The van der Waals surface area contributed by atoms with Gasteiger partial charge in [-0.15, -0.1) is 11.6 Å². The molecule has 2 rings (SSSR count). The van der Waals surface area contributed by atoms with Gasteiger partial charge >= 0.3 is 18.9 Å². The number of benzene rings is 1. The maximum atomic E-state index is 3.40. The Balaban J connectivity index is 0.000000845. The second-order valence-electron chi connectivity index (χ2n) is 3.28. The molecule has 1 aliphatic rings. The molecule has 13 heavy (non-hydrogen) atoms. The Bertz CT molecular complexity index is 302. The zero-order chi connectivity index (χ0) is 8.39. The molecule has 1 heteroatoms. The Hall–Kier alpha value is -0.443. The molecule has 1 atom stereocenters. The molecule has 1 aliphatic carbocycles. The third kappa shape index (κ3) is 2.07. The van der Waals surface area contributed by atoms with E-state index in [1.54, 1.807) is 0 Å². The van der Waals surface area contributed by atoms with Crippen LogP contribution in [0.5, 0.6) is 0 Å². The molecule has 0 bridgehead atoms. The van der Waals surface area contributed by atoms with Gasteiger partial charge in [0.2, 0.25) is 0 Å². The average Bonchev–Trinajstić information content (AvgIpc) is 2.50. The van der Waals surface area contributed by atoms with Crippen molar-refractivity contribution in [3.63, 3.8) is 0 Å². The van der Waals surface area contributed by atoms with Crippen LogP contribution in [-0.2, 0) is 0 Å². The van der Waals surface area contributed by atoms with Gasteiger partial charge in [-0.25, -0.2) is 6.08 Å². The number of hydrogen-bond donors (Lipinski definition) is 0. The van der Waals surface area contributed by atoms with Gasteiger partial charge in [0, 0.05) is 0 Å². The summed E-state index contributed by atoms with van der Waals surface area (Å²) in [4.78, 5) is 0. The number of rotatable bonds is 2. The van der Waals surface area contributed by atoms with Gasteiger partial charge in [0.15, 0.2) is 0 Å². The summed E-state index contributed by atoms with van der Waals surface area (Å²) in [5.41, 5.74) is 2.82. The molecular weight excluding hydrogens is 151 g/mol. The predicted octanol–water partition coefficient (Wildman–Crippen LogP) is 0.404. The predicted molar refractivity (Wildman–Crippen MR) is 51.8 cm³/mol. The van der Waals surface area contributed by atoms with Crippen LogP contribution in [0.1, 0.15) is 36.8 Å². The molecule has 0 amide bonds. The van der Waals surface area contributed by atoms with E-state index in [2.05, 4.69) is 43.3 Å². The second kappa shape index (κ2) is 4.70. The third-order valence-electron chi connectivity index (χ3n) is 2.39. The minimum atomic E-state index is 0. The molecule has 0 nitrogen and oxygen atoms in total. The van der Waals surface area contributed by atoms with E-state index in [-0.39, 0.29) is 18.9 Å². The topological polar surface area (TPSA) is 0 Å². The van der Waals surface area contributed by atoms with Crippen molar-refractivity contribution < 1.29 is 18.9 Å². The Morgan fingerprint density at radius 1 is 1.31 bits per heavy atom. The molecule has 0 aliphatic heterocycles. The third-order valence-corrected chi connectivity index (χ3v) is 2.39. The summed E-state index contributed by atoms with van der Waals surface area (Å²) in [7, 11) is 0. The van der Waals surface area contributed by atoms with Crippen LogP contribution in [-0.4, -0.2) is 0 Å². The molecule has 1 aromatic rings. The molecule has 0 heterocycles. The van der Waals surface area contributed by atoms with Crippen molar-refractivity contribution in [2.24, 2.45) is 0 Å². The first-order chi connectivity index (χ1) is 5.92. The van der Waals surface area contributed by atoms with Gasteiger partial charge in [0.1, 0.15) is 0 Å². The summed E-state index contributed by atoms with van der Waals surface area (Å²) in [5.74, 6) is 0.561. The Morgan fingerprint density at radius 3 is 2.85 bits per heavy atom. The normalized spacial score (nSPS) is 18.1. The monoisotopic (exact) mass is 164 g/mol. The fourth-order valence-corrected chi connectivity index (χ4v) is 1.77. The summed E-state index contributed by atoms with van der Waals surface area (Å²) in [6, 6.07) is 8.58. The van der Waals surface area contributed by atoms with Crippen LogP contribution in [0.15, 0.2) is 24.3 Å². The summed E-state index contributed by atoms with van der Waals surface area (Å²) in [5, 5.41) is 0. The molecule has 0 N–H and O–H groups in total. The van der Waals surface area contributed by atoms with E-state index < -0.39 is 0 Å². The quantitative estimate of drug-likeness (QED) is 0.438. The van der Waals surface area contributed by atoms with Crippen molar-refractivity contribution in [2.45, 2.75) is 25.7 Å². The van der Waals surface area contributed by atoms with Crippen molar-refractivity contribution in [1.82, 2.24) is 0 Å². The second-order valence-corrected chi connectivity index (χ2v) is 3.28. The van der Waals surface area contributed by atoms with Crippen molar-refractivity contribution in [3.8, 4) is 0 Å². The molecule has 0 spiro atoms. The van der Waals surface area contributed by atoms with Crippen LogP contribution in [0.3, 0.4) is 0 Å². The van der Waals surface area contributed by atoms with Gasteiger partial charge < -0.3 is 0 Å². The number of allylic oxidation sites excluding steroid dienone is 1. The maximum absolute atomic E-state index is 3.40. The standard InChI is InChI=1S/C12H13.Li/c1-2-5-10-8-9-11-6-3-4-7-12(10)11;/h3-4,6-7,9-10H,2,5H2,1H3;/q-1;+1. The summed E-state index contributed by atoms with van der Waals surface area (Å²) >= 11 is 0. The first kappa shape index (κ1) is 10.6. The van der Waals surface area contributed by atoms with E-state index in [0.29, 0.717) is 5.92 Å². The van der Waals surface area contributed by atoms with Gasteiger partial charge in [0.05, 0.1) is 0 Å². The summed E-state index contributed by atoms with van der Waals surface area (Å²) in [6.07, 6.45) is 7.98. The molecular formula is C12H13Li. The van der Waals surface area contributed by atoms with Crippen LogP contribution in [0.4, 0.5) is 0 Å². The largest absolute Gasteiger partial charge is 1.00 e. The van der Waals surface area contributed by atoms with E-state index in [4.69, 9.17) is 0 Å². The fraction of sp³-hybridized carbons (Fsp3) is 0.333. The SMILES string of the molecule is CCCC1[C-]=Cc2ccccc21.[Li+]. The van der Waals surface area contributed by atoms with Gasteiger partial charge in [-0.2, -0.15) is 5.56 Å². The molecule has 0 fully saturated rings. The van der Waals surface area contributed by atoms with Crippen LogP contribution in [0, 0.1) is 6.08 Å². The van der Waals surface area contributed by atoms with E-state index >= 15 is 0 Å². The molecule has 0 aromatic heterocycles. The Kier molecular flexibility index (Phi) is 3.84. The molecule has 0 saturated carbocycles. The summed E-state index contributed by atoms with van der Waals surface area (Å²) < 4.78 is 0. The van der Waals surface area contributed by atoms with Gasteiger partial charge in [-0.3, -0.25) is 6.08 Å². The Labute approximate surface area is 92.2 Å². The van der Waals surface area contributed by atoms with Gasteiger partial charge in [-0.1, -0.05) is 43.9 Å². The van der Waals surface area contributed by atoms with Crippen molar-refractivity contribution >= 4 is 6.08 Å². The van der Waals surface area contributed by atoms with Crippen LogP contribution >= 0.6 is 0 Å². The fourth-order valence-electron chi connectivity index (χ4n) is 1.77. The first-order valence-corrected chi connectivity index (χ1v) is 4.60. The van der Waals surface area contributed by atoms with E-state index in [1.807, 2.05) is 0 Å². The number of hydrogen-bond acceptors (Lipinski definition) is 0. The zero-order valence-corrected chi connectivity index (χ0v) is 8.38. The Morgan fingerprint density at radius 2 is 2.08 bits per heavy atom. The number of fused-ring (bicyclic) bond motifs is 1. The minimum Gasteiger partial charge on any atom is -0.268 e. The van der Waals surface area contributed by atoms with Gasteiger partial charge in [-0.05, 0) is 0 Å². The smallest absolute Gasteiger partial charge is 0.268 e. The van der Waals surface area contributed by atoms with Crippen LogP contribution < -0.4 is 18.9 Å². The van der Waals surface area contributed by atoms with Crippen molar-refractivity contribution in [2.75, 3.05) is 0 Å². The van der Waals surface area contributed by atoms with Crippen LogP contribution in [0.25, 0.3) is 6.08 Å². The van der Waals surface area contributed by atoms with Crippen molar-refractivity contribution in [1.29, 1.82) is 0 Å². The van der Waals surface area contributed by atoms with E-state index in [0.717, 1.165) is 0 Å². The van der Waals surface area contributed by atoms with E-state index in [1.165, 1.54) is 24.0 Å². The van der Waals surface area contributed by atoms with Crippen LogP contribution in [0.2, 0.25) is 0 Å². The maximum Gasteiger partial charge on any atom is 1.00 e. The molecule has 1 aromatic carbocycles. The molecule has 0 saturated heterocycles. The van der Waals surface area contributed by atoms with Gasteiger partial charge in [0.25, 0.3) is 0 Å². The van der Waals surface area contributed by atoms with Crippen molar-refractivity contribution in [3.05, 3.63) is 41.5 Å². The average molecular weight is 164 g/mol. The molecule has 0 radical (unpaired) electrons. The van der Waals surface area contributed by atoms with E-state index in [9.17, 15) is 0 Å².